The fourth-order valence-corrected chi connectivity index (χ4v) is 19.8. The van der Waals surface area contributed by atoms with E-state index in [4.69, 9.17) is 26.2 Å². The van der Waals surface area contributed by atoms with Gasteiger partial charge in [0.15, 0.2) is 33.7 Å². The smallest absolute Gasteiger partial charge is 0.227 e. The minimum Gasteiger partial charge on any atom is -0.435 e. The van der Waals surface area contributed by atoms with Gasteiger partial charge in [-0.3, -0.25) is 0 Å². The van der Waals surface area contributed by atoms with Crippen molar-refractivity contribution in [3.63, 3.8) is 0 Å². The lowest BCUT2D eigenvalue weighted by atomic mass is 10.1. The van der Waals surface area contributed by atoms with Crippen LogP contribution in [0.15, 0.2) is 278 Å². The van der Waals surface area contributed by atoms with Gasteiger partial charge in [0.25, 0.3) is 0 Å². The van der Waals surface area contributed by atoms with Gasteiger partial charge in [0, 0.05) is 136 Å². The summed E-state index contributed by atoms with van der Waals surface area (Å²) in [6.07, 6.45) is 15.0. The topological polar surface area (TPSA) is 175 Å². The SMILES string of the molecule is Cc1ccc2c(oc3ncccc32)c1N1c2ccccc2N(C)C1C.Cc1ccc2c(oc3ncccc32)c1N1c2ncccc2N(C)C1C.[2H]C(C)(C)N1C=CN(c2c(C)ccc3c2oc2ncccc23)C1C.[2H]C(C)(C)N1c2ccccc2N(c2c(C)ccc3c2oc2ncccc23)C1C.[2H]C(C)(C)N1c2ccccc2N(c2c(C)ccc3c2oc2ncccc23)C1C. The normalized spacial score (nSPS) is 17.6. The highest BCUT2D eigenvalue weighted by Gasteiger charge is 2.42. The summed E-state index contributed by atoms with van der Waals surface area (Å²) in [6.45, 7) is 32.9. The summed E-state index contributed by atoms with van der Waals surface area (Å²) in [4.78, 5) is 48.9. The molecular formula is C106H104N16O5. The van der Waals surface area contributed by atoms with E-state index in [9.17, 15) is 0 Å². The van der Waals surface area contributed by atoms with Gasteiger partial charge in [-0.1, -0.05) is 97.1 Å². The summed E-state index contributed by atoms with van der Waals surface area (Å²) < 4.78 is 56.7. The van der Waals surface area contributed by atoms with Gasteiger partial charge < -0.3 is 71.1 Å². The van der Waals surface area contributed by atoms with Crippen molar-refractivity contribution < 1.29 is 26.2 Å². The van der Waals surface area contributed by atoms with Gasteiger partial charge in [0.05, 0.1) is 72.4 Å². The van der Waals surface area contributed by atoms with Crippen molar-refractivity contribution >= 4 is 184 Å². The molecule has 0 aliphatic carbocycles. The number of pyridine rings is 6. The van der Waals surface area contributed by atoms with Crippen molar-refractivity contribution in [3.05, 3.63) is 284 Å². The van der Waals surface area contributed by atoms with Gasteiger partial charge in [-0.05, 0) is 248 Å². The predicted octanol–water partition coefficient (Wildman–Crippen LogP) is 26.5. The second-order valence-electron chi connectivity index (χ2n) is 34.2. The van der Waals surface area contributed by atoms with Crippen LogP contribution in [-0.2, 0) is 0 Å². The highest BCUT2D eigenvalue weighted by molar-refractivity contribution is 6.15. The van der Waals surface area contributed by atoms with Crippen LogP contribution in [0.1, 0.15) is 108 Å². The number of aryl methyl sites for hydroxylation is 5. The fourth-order valence-electron chi connectivity index (χ4n) is 19.8. The zero-order valence-electron chi connectivity index (χ0n) is 77.8. The molecule has 24 rings (SSSR count). The van der Waals surface area contributed by atoms with E-state index in [1.54, 1.807) is 31.0 Å². The molecule has 0 saturated carbocycles. The molecule has 0 bridgehead atoms. The van der Waals surface area contributed by atoms with Crippen molar-refractivity contribution in [3.8, 4) is 0 Å². The Morgan fingerprint density at radius 1 is 0.268 bits per heavy atom. The summed E-state index contributed by atoms with van der Waals surface area (Å²) in [7, 11) is 4.24. The molecule has 21 nitrogen and oxygen atoms in total. The van der Waals surface area contributed by atoms with Crippen LogP contribution in [0, 0.1) is 34.6 Å². The van der Waals surface area contributed by atoms with Crippen LogP contribution < -0.4 is 44.1 Å². The maximum Gasteiger partial charge on any atom is 0.227 e. The third-order valence-corrected chi connectivity index (χ3v) is 25.9. The van der Waals surface area contributed by atoms with E-state index in [2.05, 4.69) is 297 Å². The molecule has 8 aromatic carbocycles. The minimum absolute atomic E-state index is 0.0182. The Balaban J connectivity index is 0.000000102. The molecule has 5 unspecified atom stereocenters. The molecule has 19 aromatic rings. The number of aromatic nitrogens is 6. The molecule has 638 valence electrons. The molecule has 11 aromatic heterocycles. The quantitative estimate of drug-likeness (QED) is 0.140. The summed E-state index contributed by atoms with van der Waals surface area (Å²) in [6, 6.07) is 68.3. The van der Waals surface area contributed by atoms with Crippen LogP contribution in [0.25, 0.3) is 110 Å². The third-order valence-electron chi connectivity index (χ3n) is 25.9. The number of anilines is 13. The largest absolute Gasteiger partial charge is 0.435 e. The third kappa shape index (κ3) is 13.2. The fraction of sp³-hybridized carbons (Fsp3) is 0.245. The standard InChI is InChI=1S/2C23H23N3O.C21H19N3O.C20H18N4O.C19H21N3O/c2*1-14(2)25-16(4)26(20-10-6-5-9-19(20)25)21-15(3)11-12-17-18-8-7-13-24-23(18)27-22(17)21;1-13-10-11-15-16-7-6-12-22-21(16)25-20(15)19(13)24-14(2)23(3)17-8-4-5-9-18(17)24;1-12-8-9-14-15-6-4-11-22-20(15)25-18(14)17(12)24-13(2)23(3)16-7-5-10-21-19(16)24;1-12(2)21-10-11-22(14(21)4)17-13(3)7-8-15-16-6-5-9-20-19(16)23-18(15)17/h2*5-14,16H,1-4H3;4-12,14H,1-3H3;4-11,13H,1-3H3;5-12,14H,1-4H3/i2*14D;;;12D. The van der Waals surface area contributed by atoms with Crippen molar-refractivity contribution in [1.29, 1.82) is 0 Å². The Kier molecular flexibility index (Phi) is 19.4. The Morgan fingerprint density at radius 2 is 0.543 bits per heavy atom. The first-order chi connectivity index (χ1) is 62.5. The molecule has 0 saturated heterocycles. The van der Waals surface area contributed by atoms with Gasteiger partial charge in [-0.15, -0.1) is 0 Å². The van der Waals surface area contributed by atoms with E-state index in [-0.39, 0.29) is 30.8 Å². The second kappa shape index (κ2) is 31.9. The van der Waals surface area contributed by atoms with Gasteiger partial charge in [-0.2, -0.15) is 0 Å². The highest BCUT2D eigenvalue weighted by atomic mass is 16.4. The Hall–Kier alpha value is -14.6. The molecule has 0 fully saturated rings. The molecule has 0 N–H and O–H groups in total. The van der Waals surface area contributed by atoms with E-state index in [0.717, 1.165) is 167 Å². The maximum absolute atomic E-state index is 8.71. The average Bonchev–Trinajstić information content (AvgIpc) is 1.57. The number of furan rings is 5. The van der Waals surface area contributed by atoms with Gasteiger partial charge >= 0.3 is 0 Å². The molecule has 5 atom stereocenters. The van der Waals surface area contributed by atoms with Crippen LogP contribution in [0.3, 0.4) is 0 Å². The monoisotopic (exact) mass is 1680 g/mol. The van der Waals surface area contributed by atoms with Crippen molar-refractivity contribution in [1.82, 2.24) is 34.8 Å². The zero-order chi connectivity index (χ0) is 90.6. The van der Waals surface area contributed by atoms with E-state index in [1.807, 2.05) is 132 Å². The summed E-state index contributed by atoms with van der Waals surface area (Å²) in [5.74, 6) is 0.960. The zero-order valence-corrected chi connectivity index (χ0v) is 74.8. The van der Waals surface area contributed by atoms with Crippen molar-refractivity contribution in [2.24, 2.45) is 0 Å². The first kappa shape index (κ1) is 77.2. The predicted molar refractivity (Wildman–Crippen MR) is 521 cm³/mol. The number of nitrogens with zero attached hydrogens (tertiary/aromatic N) is 16. The van der Waals surface area contributed by atoms with Crippen LogP contribution in [0.5, 0.6) is 0 Å². The Bertz CT molecular complexity index is 7320. The van der Waals surface area contributed by atoms with Crippen molar-refractivity contribution in [2.45, 2.75) is 160 Å². The second-order valence-corrected chi connectivity index (χ2v) is 34.2. The van der Waals surface area contributed by atoms with Crippen molar-refractivity contribution in [2.75, 3.05) is 58.2 Å². The first-order valence-corrected chi connectivity index (χ1v) is 43.5. The number of hydrogen-bond acceptors (Lipinski definition) is 21. The number of para-hydroxylation sites is 6. The lowest BCUT2D eigenvalue weighted by Crippen LogP contribution is -2.42. The van der Waals surface area contributed by atoms with E-state index >= 15 is 0 Å². The molecule has 127 heavy (non-hydrogen) atoms. The minimum atomic E-state index is -0.749. The van der Waals surface area contributed by atoms with E-state index in [1.165, 1.54) is 16.9 Å². The molecule has 0 amide bonds. The molecule has 21 heteroatoms. The molecule has 0 spiro atoms. The molecule has 0 radical (unpaired) electrons. The summed E-state index contributed by atoms with van der Waals surface area (Å²) in [5.41, 5.74) is 26.6. The Labute approximate surface area is 742 Å². The van der Waals surface area contributed by atoms with Crippen LogP contribution >= 0.6 is 0 Å². The summed E-state index contributed by atoms with van der Waals surface area (Å²) in [5, 5.41) is 10.6. The molecule has 16 heterocycles. The van der Waals surface area contributed by atoms with E-state index in [0.29, 0.717) is 28.6 Å². The van der Waals surface area contributed by atoms with Crippen LogP contribution in [0.2, 0.25) is 0 Å². The van der Waals surface area contributed by atoms with Crippen LogP contribution in [0.4, 0.5) is 74.1 Å². The van der Waals surface area contributed by atoms with Gasteiger partial charge in [0.1, 0.15) is 30.8 Å². The molecule has 5 aliphatic heterocycles. The lowest BCUT2D eigenvalue weighted by Gasteiger charge is -2.33. The van der Waals surface area contributed by atoms with Crippen LogP contribution in [-0.4, -0.2) is 97.8 Å². The highest BCUT2D eigenvalue weighted by Crippen LogP contribution is 2.54. The number of rotatable bonds is 8. The first-order valence-electron chi connectivity index (χ1n) is 45.0. The maximum atomic E-state index is 8.71. The number of fused-ring (bicyclic) bond motifs is 19. The average molecular weight is 1690 g/mol. The Morgan fingerprint density at radius 3 is 0.890 bits per heavy atom. The van der Waals surface area contributed by atoms with E-state index < -0.39 is 18.1 Å². The number of benzene rings is 8. The summed E-state index contributed by atoms with van der Waals surface area (Å²) >= 11 is 0. The number of hydrogen-bond donors (Lipinski definition) is 0. The van der Waals surface area contributed by atoms with Gasteiger partial charge in [-0.25, -0.2) is 29.9 Å². The molecule has 5 aliphatic rings. The van der Waals surface area contributed by atoms with Gasteiger partial charge in [0.2, 0.25) is 28.6 Å². The molecular weight excluding hydrogens is 1580 g/mol. The lowest BCUT2D eigenvalue weighted by molar-refractivity contribution is 0.263.